The maximum absolute atomic E-state index is 12.3. The predicted octanol–water partition coefficient (Wildman–Crippen LogP) is 1.48. The van der Waals surface area contributed by atoms with Gasteiger partial charge in [-0.15, -0.1) is 0 Å². The summed E-state index contributed by atoms with van der Waals surface area (Å²) >= 11 is 3.22. The second-order valence-electron chi connectivity index (χ2n) is 5.62. The van der Waals surface area contributed by atoms with Crippen LogP contribution in [0.5, 0.6) is 0 Å². The number of nitrogens with one attached hydrogen (secondary N) is 1. The Morgan fingerprint density at radius 2 is 2.00 bits per heavy atom. The molecule has 10 heteroatoms. The molecule has 0 saturated carbocycles. The van der Waals surface area contributed by atoms with Gasteiger partial charge in [0, 0.05) is 16.9 Å². The molecule has 0 spiro atoms. The SMILES string of the molecule is O=C(OCc1cn2ccccc2n1)C(CO)NS(=O)(=O)c1ccc(Br)cc1. The molecule has 0 fully saturated rings. The molecule has 0 bridgehead atoms. The van der Waals surface area contributed by atoms with Crippen LogP contribution in [0.25, 0.3) is 5.65 Å². The number of benzene rings is 1. The molecule has 3 aromatic rings. The van der Waals surface area contributed by atoms with E-state index in [1.54, 1.807) is 35.0 Å². The number of pyridine rings is 1. The van der Waals surface area contributed by atoms with E-state index in [0.717, 1.165) is 0 Å². The van der Waals surface area contributed by atoms with E-state index in [2.05, 4.69) is 25.6 Å². The van der Waals surface area contributed by atoms with Crippen molar-refractivity contribution in [1.82, 2.24) is 14.1 Å². The molecule has 1 unspecified atom stereocenters. The van der Waals surface area contributed by atoms with E-state index in [9.17, 15) is 18.3 Å². The Bertz CT molecular complexity index is 1020. The normalized spacial score (nSPS) is 12.8. The molecule has 0 saturated heterocycles. The van der Waals surface area contributed by atoms with Gasteiger partial charge in [-0.3, -0.25) is 4.79 Å². The van der Waals surface area contributed by atoms with Gasteiger partial charge in [-0.25, -0.2) is 13.4 Å². The molecule has 0 aliphatic rings. The highest BCUT2D eigenvalue weighted by molar-refractivity contribution is 9.10. The third-order valence-corrected chi connectivity index (χ3v) is 5.68. The molecule has 1 aromatic carbocycles. The van der Waals surface area contributed by atoms with Crippen LogP contribution in [-0.2, 0) is 26.2 Å². The maximum atomic E-state index is 12.3. The average molecular weight is 454 g/mol. The Kier molecular flexibility index (Phi) is 5.90. The molecule has 27 heavy (non-hydrogen) atoms. The summed E-state index contributed by atoms with van der Waals surface area (Å²) in [5, 5.41) is 9.41. The van der Waals surface area contributed by atoms with Gasteiger partial charge in [-0.05, 0) is 36.4 Å². The van der Waals surface area contributed by atoms with Crippen molar-refractivity contribution in [3.8, 4) is 0 Å². The minimum atomic E-state index is -3.99. The smallest absolute Gasteiger partial charge is 0.326 e. The molecule has 2 aromatic heterocycles. The van der Waals surface area contributed by atoms with Crippen molar-refractivity contribution in [2.24, 2.45) is 0 Å². The van der Waals surface area contributed by atoms with Crippen molar-refractivity contribution in [3.05, 3.63) is 65.0 Å². The quantitative estimate of drug-likeness (QED) is 0.524. The van der Waals surface area contributed by atoms with E-state index in [-0.39, 0.29) is 11.5 Å². The molecule has 1 atom stereocenters. The molecule has 0 amide bonds. The fourth-order valence-corrected chi connectivity index (χ4v) is 3.77. The summed E-state index contributed by atoms with van der Waals surface area (Å²) in [6.07, 6.45) is 3.50. The number of hydrogen-bond acceptors (Lipinski definition) is 6. The molecule has 142 valence electrons. The van der Waals surface area contributed by atoms with E-state index in [1.807, 2.05) is 12.1 Å². The van der Waals surface area contributed by atoms with Crippen LogP contribution in [0, 0.1) is 0 Å². The lowest BCUT2D eigenvalue weighted by Gasteiger charge is -2.15. The molecule has 2 N–H and O–H groups in total. The predicted molar refractivity (Wildman–Crippen MR) is 100 cm³/mol. The molecule has 8 nitrogen and oxygen atoms in total. The number of carbonyl (C=O) groups excluding carboxylic acids is 1. The second-order valence-corrected chi connectivity index (χ2v) is 8.25. The van der Waals surface area contributed by atoms with Gasteiger partial charge >= 0.3 is 5.97 Å². The number of carbonyl (C=O) groups is 1. The number of rotatable bonds is 7. The summed E-state index contributed by atoms with van der Waals surface area (Å²) in [4.78, 5) is 16.4. The van der Waals surface area contributed by atoms with Crippen molar-refractivity contribution in [2.45, 2.75) is 17.5 Å². The van der Waals surface area contributed by atoms with Crippen LogP contribution in [0.2, 0.25) is 0 Å². The first kappa shape index (κ1) is 19.5. The van der Waals surface area contributed by atoms with Crippen LogP contribution in [0.15, 0.2) is 64.2 Å². The number of imidazole rings is 1. The van der Waals surface area contributed by atoms with Gasteiger partial charge in [0.1, 0.15) is 18.3 Å². The van der Waals surface area contributed by atoms with Gasteiger partial charge in [0.05, 0.1) is 17.2 Å². The highest BCUT2D eigenvalue weighted by atomic mass is 79.9. The number of nitrogens with zero attached hydrogens (tertiary/aromatic N) is 2. The van der Waals surface area contributed by atoms with Crippen LogP contribution in [0.1, 0.15) is 5.69 Å². The number of ether oxygens (including phenoxy) is 1. The maximum Gasteiger partial charge on any atom is 0.326 e. The van der Waals surface area contributed by atoms with E-state index in [1.165, 1.54) is 12.1 Å². The first-order chi connectivity index (χ1) is 12.9. The summed E-state index contributed by atoms with van der Waals surface area (Å²) in [7, 11) is -3.99. The lowest BCUT2D eigenvalue weighted by Crippen LogP contribution is -2.44. The Morgan fingerprint density at radius 3 is 2.67 bits per heavy atom. The first-order valence-corrected chi connectivity index (χ1v) is 10.1. The lowest BCUT2D eigenvalue weighted by molar-refractivity contribution is -0.148. The van der Waals surface area contributed by atoms with Gasteiger partial charge in [-0.1, -0.05) is 22.0 Å². The molecular formula is C17H16BrN3O5S. The Morgan fingerprint density at radius 1 is 1.26 bits per heavy atom. The van der Waals surface area contributed by atoms with Gasteiger partial charge in [0.25, 0.3) is 0 Å². The summed E-state index contributed by atoms with van der Waals surface area (Å²) in [6, 6.07) is 9.92. The van der Waals surface area contributed by atoms with Gasteiger partial charge in [-0.2, -0.15) is 4.72 Å². The third-order valence-electron chi connectivity index (χ3n) is 3.66. The number of esters is 1. The summed E-state index contributed by atoms with van der Waals surface area (Å²) in [5.74, 6) is -0.893. The Hall–Kier alpha value is -2.27. The number of sulfonamides is 1. The topological polar surface area (TPSA) is 110 Å². The number of aromatic nitrogens is 2. The van der Waals surface area contributed by atoms with Crippen LogP contribution >= 0.6 is 15.9 Å². The highest BCUT2D eigenvalue weighted by Crippen LogP contribution is 2.15. The van der Waals surface area contributed by atoms with Crippen LogP contribution < -0.4 is 4.72 Å². The largest absolute Gasteiger partial charge is 0.458 e. The highest BCUT2D eigenvalue weighted by Gasteiger charge is 2.26. The molecule has 0 aliphatic heterocycles. The van der Waals surface area contributed by atoms with Crippen LogP contribution in [0.3, 0.4) is 0 Å². The molecule has 0 radical (unpaired) electrons. The fourth-order valence-electron chi connectivity index (χ4n) is 2.33. The number of fused-ring (bicyclic) bond motifs is 1. The van der Waals surface area contributed by atoms with Crippen molar-refractivity contribution in [3.63, 3.8) is 0 Å². The molecule has 0 aliphatic carbocycles. The number of aliphatic hydroxyl groups is 1. The van der Waals surface area contributed by atoms with Gasteiger partial charge in [0.15, 0.2) is 0 Å². The van der Waals surface area contributed by atoms with Crippen LogP contribution in [-0.4, -0.2) is 41.5 Å². The van der Waals surface area contributed by atoms with E-state index in [0.29, 0.717) is 15.8 Å². The molecular weight excluding hydrogens is 438 g/mol. The monoisotopic (exact) mass is 453 g/mol. The molecule has 2 heterocycles. The summed E-state index contributed by atoms with van der Waals surface area (Å²) in [5.41, 5.74) is 1.19. The number of aliphatic hydroxyl groups excluding tert-OH is 1. The Labute approximate surface area is 164 Å². The summed E-state index contributed by atoms with van der Waals surface area (Å²) < 4.78 is 34.4. The minimum Gasteiger partial charge on any atom is -0.458 e. The zero-order valence-corrected chi connectivity index (χ0v) is 16.4. The second kappa shape index (κ2) is 8.17. The van der Waals surface area contributed by atoms with Crippen LogP contribution in [0.4, 0.5) is 0 Å². The van der Waals surface area contributed by atoms with E-state index in [4.69, 9.17) is 4.74 Å². The number of halogens is 1. The number of hydrogen-bond donors (Lipinski definition) is 2. The molecule has 3 rings (SSSR count). The average Bonchev–Trinajstić information content (AvgIpc) is 3.07. The fraction of sp³-hybridized carbons (Fsp3) is 0.176. The van der Waals surface area contributed by atoms with Crippen molar-refractivity contribution < 1.29 is 23.1 Å². The first-order valence-electron chi connectivity index (χ1n) is 7.87. The van der Waals surface area contributed by atoms with E-state index < -0.39 is 28.6 Å². The van der Waals surface area contributed by atoms with Crippen molar-refractivity contribution in [1.29, 1.82) is 0 Å². The van der Waals surface area contributed by atoms with Gasteiger partial charge < -0.3 is 14.2 Å². The summed E-state index contributed by atoms with van der Waals surface area (Å²) in [6.45, 7) is -0.878. The standard InChI is InChI=1S/C17H16BrN3O5S/c18-12-4-6-14(7-5-12)27(24,25)20-15(10-22)17(23)26-11-13-9-21-8-2-1-3-16(21)19-13/h1-9,15,20,22H,10-11H2. The van der Waals surface area contributed by atoms with Crippen molar-refractivity contribution >= 4 is 37.6 Å². The van der Waals surface area contributed by atoms with E-state index >= 15 is 0 Å². The Balaban J connectivity index is 1.65. The van der Waals surface area contributed by atoms with Gasteiger partial charge in [0.2, 0.25) is 10.0 Å². The zero-order valence-electron chi connectivity index (χ0n) is 13.9. The third kappa shape index (κ3) is 4.72. The lowest BCUT2D eigenvalue weighted by atomic mass is 10.3. The zero-order chi connectivity index (χ0) is 19.4. The van der Waals surface area contributed by atoms with Crippen molar-refractivity contribution in [2.75, 3.05) is 6.61 Å². The minimum absolute atomic E-state index is 0.0303.